The fourth-order valence-electron chi connectivity index (χ4n) is 3.03. The summed E-state index contributed by atoms with van der Waals surface area (Å²) in [5.74, 6) is 0.478. The molecule has 138 valence electrons. The van der Waals surface area contributed by atoms with Crippen molar-refractivity contribution in [3.8, 4) is 5.75 Å². The van der Waals surface area contributed by atoms with E-state index in [0.717, 1.165) is 25.2 Å². The standard InChI is InChI=1S/C20H24N2O4/c1-21-11-5-10-18(19(21)23)20(24)22(15-17-9-6-13-25-17)12-14-26-16-7-3-2-4-8-16/h2-5,7-8,10-11,17H,6,9,12-15H2,1H3. The fraction of sp³-hybridized carbons (Fsp3) is 0.400. The Morgan fingerprint density at radius 3 is 2.81 bits per heavy atom. The normalized spacial score (nSPS) is 16.4. The molecule has 0 bridgehead atoms. The number of pyridine rings is 1. The molecule has 26 heavy (non-hydrogen) atoms. The number of carbonyl (C=O) groups excluding carboxylic acids is 1. The van der Waals surface area contributed by atoms with Crippen LogP contribution in [0.5, 0.6) is 5.75 Å². The Bertz CT molecular complexity index is 782. The number of aromatic nitrogens is 1. The molecule has 6 nitrogen and oxygen atoms in total. The zero-order valence-corrected chi connectivity index (χ0v) is 15.0. The summed E-state index contributed by atoms with van der Waals surface area (Å²) < 4.78 is 12.8. The van der Waals surface area contributed by atoms with E-state index in [1.165, 1.54) is 4.57 Å². The number of hydrogen-bond acceptors (Lipinski definition) is 4. The molecule has 1 unspecified atom stereocenters. The van der Waals surface area contributed by atoms with E-state index in [4.69, 9.17) is 9.47 Å². The highest BCUT2D eigenvalue weighted by Gasteiger charge is 2.25. The summed E-state index contributed by atoms with van der Waals surface area (Å²) in [7, 11) is 1.64. The lowest BCUT2D eigenvalue weighted by Crippen LogP contribution is -2.42. The number of hydrogen-bond donors (Lipinski definition) is 0. The van der Waals surface area contributed by atoms with Gasteiger partial charge in [-0.25, -0.2) is 0 Å². The topological polar surface area (TPSA) is 60.8 Å². The van der Waals surface area contributed by atoms with Gasteiger partial charge in [-0.2, -0.15) is 0 Å². The number of carbonyl (C=O) groups is 1. The van der Waals surface area contributed by atoms with Crippen molar-refractivity contribution >= 4 is 5.91 Å². The smallest absolute Gasteiger partial charge is 0.263 e. The van der Waals surface area contributed by atoms with Crippen LogP contribution in [0.25, 0.3) is 0 Å². The second kappa shape index (κ2) is 8.67. The molecule has 1 aliphatic rings. The first-order valence-electron chi connectivity index (χ1n) is 8.89. The Kier molecular flexibility index (Phi) is 6.07. The number of rotatable bonds is 7. The molecule has 2 aromatic rings. The van der Waals surface area contributed by atoms with E-state index in [2.05, 4.69) is 0 Å². The maximum atomic E-state index is 12.9. The van der Waals surface area contributed by atoms with Crippen LogP contribution in [0.4, 0.5) is 0 Å². The lowest BCUT2D eigenvalue weighted by atomic mass is 10.2. The van der Waals surface area contributed by atoms with Crippen molar-refractivity contribution < 1.29 is 14.3 Å². The third-order valence-electron chi connectivity index (χ3n) is 4.46. The largest absolute Gasteiger partial charge is 0.492 e. The molecular formula is C20H24N2O4. The summed E-state index contributed by atoms with van der Waals surface area (Å²) in [5.41, 5.74) is -0.119. The van der Waals surface area contributed by atoms with Crippen molar-refractivity contribution in [2.24, 2.45) is 7.05 Å². The van der Waals surface area contributed by atoms with Crippen molar-refractivity contribution in [1.82, 2.24) is 9.47 Å². The third-order valence-corrected chi connectivity index (χ3v) is 4.46. The SMILES string of the molecule is Cn1cccc(C(=O)N(CCOc2ccccc2)CC2CCCO2)c1=O. The van der Waals surface area contributed by atoms with Gasteiger partial charge in [0.1, 0.15) is 17.9 Å². The lowest BCUT2D eigenvalue weighted by molar-refractivity contribution is 0.0492. The van der Waals surface area contributed by atoms with Crippen LogP contribution in [0.3, 0.4) is 0 Å². The maximum absolute atomic E-state index is 12.9. The molecule has 0 saturated carbocycles. The molecule has 1 atom stereocenters. The first-order chi connectivity index (χ1) is 12.6. The molecule has 1 fully saturated rings. The molecule has 0 aliphatic carbocycles. The zero-order valence-electron chi connectivity index (χ0n) is 15.0. The van der Waals surface area contributed by atoms with Crippen LogP contribution in [-0.2, 0) is 11.8 Å². The number of aryl methyl sites for hydroxylation is 1. The van der Waals surface area contributed by atoms with Gasteiger partial charge >= 0.3 is 0 Å². The molecule has 3 rings (SSSR count). The zero-order chi connectivity index (χ0) is 18.4. The van der Waals surface area contributed by atoms with E-state index in [9.17, 15) is 9.59 Å². The van der Waals surface area contributed by atoms with Gasteiger partial charge in [0, 0.05) is 26.4 Å². The van der Waals surface area contributed by atoms with Crippen LogP contribution in [0, 0.1) is 0 Å². The van der Waals surface area contributed by atoms with E-state index >= 15 is 0 Å². The molecule has 1 aliphatic heterocycles. The Morgan fingerprint density at radius 2 is 2.08 bits per heavy atom. The van der Waals surface area contributed by atoms with Crippen molar-refractivity contribution in [2.75, 3.05) is 26.3 Å². The summed E-state index contributed by atoms with van der Waals surface area (Å²) in [4.78, 5) is 26.9. The molecule has 1 amide bonds. The van der Waals surface area contributed by atoms with Gasteiger partial charge in [0.05, 0.1) is 12.6 Å². The molecule has 2 heterocycles. The van der Waals surface area contributed by atoms with Gasteiger partial charge in [-0.05, 0) is 37.1 Å². The van der Waals surface area contributed by atoms with Crippen LogP contribution in [-0.4, -0.2) is 47.8 Å². The van der Waals surface area contributed by atoms with E-state index in [1.807, 2.05) is 30.3 Å². The fourth-order valence-corrected chi connectivity index (χ4v) is 3.03. The Labute approximate surface area is 153 Å². The number of benzene rings is 1. The van der Waals surface area contributed by atoms with Crippen molar-refractivity contribution in [1.29, 1.82) is 0 Å². The van der Waals surface area contributed by atoms with Crippen LogP contribution in [0.2, 0.25) is 0 Å². The average molecular weight is 356 g/mol. The summed E-state index contributed by atoms with van der Waals surface area (Å²) in [6.45, 7) is 1.94. The van der Waals surface area contributed by atoms with Crippen LogP contribution in [0.1, 0.15) is 23.2 Å². The molecule has 1 saturated heterocycles. The van der Waals surface area contributed by atoms with Gasteiger partial charge < -0.3 is 18.9 Å². The number of nitrogens with zero attached hydrogens (tertiary/aromatic N) is 2. The van der Waals surface area contributed by atoms with Gasteiger partial charge in [0.15, 0.2) is 0 Å². The Balaban J connectivity index is 1.70. The highest BCUT2D eigenvalue weighted by atomic mass is 16.5. The molecule has 6 heteroatoms. The van der Waals surface area contributed by atoms with Gasteiger partial charge in [0.2, 0.25) is 0 Å². The predicted octanol–water partition coefficient (Wildman–Crippen LogP) is 2.09. The summed E-state index contributed by atoms with van der Waals surface area (Å²) in [6, 6.07) is 12.8. The molecule has 0 N–H and O–H groups in total. The van der Waals surface area contributed by atoms with Crippen molar-refractivity contribution in [2.45, 2.75) is 18.9 Å². The van der Waals surface area contributed by atoms with E-state index in [0.29, 0.717) is 19.7 Å². The Morgan fingerprint density at radius 1 is 1.27 bits per heavy atom. The van der Waals surface area contributed by atoms with Gasteiger partial charge in [0.25, 0.3) is 11.5 Å². The minimum atomic E-state index is -0.293. The van der Waals surface area contributed by atoms with Gasteiger partial charge in [-0.15, -0.1) is 0 Å². The summed E-state index contributed by atoms with van der Waals surface area (Å²) >= 11 is 0. The minimum Gasteiger partial charge on any atom is -0.492 e. The van der Waals surface area contributed by atoms with Crippen molar-refractivity contribution in [3.05, 3.63) is 64.6 Å². The third kappa shape index (κ3) is 4.52. The number of para-hydroxylation sites is 1. The highest BCUT2D eigenvalue weighted by molar-refractivity contribution is 5.93. The first kappa shape index (κ1) is 18.2. The lowest BCUT2D eigenvalue weighted by Gasteiger charge is -2.25. The summed E-state index contributed by atoms with van der Waals surface area (Å²) in [5, 5.41) is 0. The van der Waals surface area contributed by atoms with E-state index in [1.54, 1.807) is 30.3 Å². The average Bonchev–Trinajstić information content (AvgIpc) is 3.17. The second-order valence-corrected chi connectivity index (χ2v) is 6.39. The predicted molar refractivity (Wildman–Crippen MR) is 98.5 cm³/mol. The molecule has 0 spiro atoms. The van der Waals surface area contributed by atoms with E-state index < -0.39 is 0 Å². The molecule has 0 radical (unpaired) electrons. The minimum absolute atomic E-state index is 0.0169. The van der Waals surface area contributed by atoms with Gasteiger partial charge in [-0.1, -0.05) is 18.2 Å². The maximum Gasteiger partial charge on any atom is 0.263 e. The van der Waals surface area contributed by atoms with Gasteiger partial charge in [-0.3, -0.25) is 9.59 Å². The van der Waals surface area contributed by atoms with Crippen LogP contribution in [0.15, 0.2) is 53.5 Å². The van der Waals surface area contributed by atoms with Crippen LogP contribution >= 0.6 is 0 Å². The van der Waals surface area contributed by atoms with Crippen LogP contribution < -0.4 is 10.3 Å². The number of ether oxygens (including phenoxy) is 2. The second-order valence-electron chi connectivity index (χ2n) is 6.39. The molecule has 1 aromatic heterocycles. The monoisotopic (exact) mass is 356 g/mol. The molecular weight excluding hydrogens is 332 g/mol. The number of amides is 1. The Hall–Kier alpha value is -2.60. The molecule has 1 aromatic carbocycles. The first-order valence-corrected chi connectivity index (χ1v) is 8.89. The van der Waals surface area contributed by atoms with E-state index in [-0.39, 0.29) is 23.1 Å². The van der Waals surface area contributed by atoms with Crippen molar-refractivity contribution in [3.63, 3.8) is 0 Å². The highest BCUT2D eigenvalue weighted by Crippen LogP contribution is 2.15. The quantitative estimate of drug-likeness (QED) is 0.762. The summed E-state index contributed by atoms with van der Waals surface area (Å²) in [6.07, 6.45) is 3.58.